The summed E-state index contributed by atoms with van der Waals surface area (Å²) in [7, 11) is 0. The Morgan fingerprint density at radius 2 is 1.73 bits per heavy atom. The van der Waals surface area contributed by atoms with Crippen LogP contribution in [0, 0.1) is 29.1 Å². The molecule has 4 heteroatoms. The summed E-state index contributed by atoms with van der Waals surface area (Å²) in [5.74, 6) is 3.47. The van der Waals surface area contributed by atoms with Gasteiger partial charge in [-0.2, -0.15) is 0 Å². The molecule has 1 amide bonds. The fourth-order valence-corrected chi connectivity index (χ4v) is 7.04. The van der Waals surface area contributed by atoms with Crippen molar-refractivity contribution in [2.75, 3.05) is 13.2 Å². The average molecular weight is 304 g/mol. The van der Waals surface area contributed by atoms with Crippen LogP contribution in [0.4, 0.5) is 0 Å². The molecule has 0 aromatic rings. The molecule has 4 nitrogen and oxygen atoms in total. The van der Waals surface area contributed by atoms with Gasteiger partial charge in [-0.25, -0.2) is 0 Å². The quantitative estimate of drug-likeness (QED) is 0.739. The lowest BCUT2D eigenvalue weighted by atomic mass is 9.48. The molecular weight excluding hydrogens is 276 g/mol. The van der Waals surface area contributed by atoms with Gasteiger partial charge in [-0.3, -0.25) is 4.79 Å². The van der Waals surface area contributed by atoms with Crippen molar-refractivity contribution in [3.05, 3.63) is 0 Å². The first-order valence-electron chi connectivity index (χ1n) is 9.30. The standard InChI is InChI=1S/C18H28N2O2/c21-10-18(13-4-11-3-12(6-13)7-14(18)5-11)20-15-8-17(9-15)1-2-19-16(17)22/h11-15,20-21H,1-10H2,(H,19,22). The Kier molecular flexibility index (Phi) is 2.81. The van der Waals surface area contributed by atoms with Gasteiger partial charge in [-0.1, -0.05) is 0 Å². The number of aliphatic hydroxyl groups is 1. The summed E-state index contributed by atoms with van der Waals surface area (Å²) in [6.07, 6.45) is 9.68. The van der Waals surface area contributed by atoms with Crippen LogP contribution in [0.2, 0.25) is 0 Å². The molecule has 5 aliphatic carbocycles. The van der Waals surface area contributed by atoms with Crippen LogP contribution in [0.1, 0.15) is 51.4 Å². The molecule has 0 aromatic heterocycles. The van der Waals surface area contributed by atoms with Gasteiger partial charge < -0.3 is 15.7 Å². The summed E-state index contributed by atoms with van der Waals surface area (Å²) < 4.78 is 0. The largest absolute Gasteiger partial charge is 0.394 e. The number of hydrogen-bond donors (Lipinski definition) is 3. The molecule has 4 bridgehead atoms. The molecule has 6 aliphatic rings. The molecule has 5 saturated carbocycles. The second-order valence-corrected chi connectivity index (χ2v) is 9.04. The summed E-state index contributed by atoms with van der Waals surface area (Å²) in [6.45, 7) is 1.14. The number of carbonyl (C=O) groups excluding carboxylic acids is 1. The minimum absolute atomic E-state index is 0.0330. The molecule has 6 rings (SSSR count). The van der Waals surface area contributed by atoms with E-state index in [0.29, 0.717) is 17.9 Å². The van der Waals surface area contributed by atoms with Gasteiger partial charge in [-0.05, 0) is 75.0 Å². The summed E-state index contributed by atoms with van der Waals surface area (Å²) in [6, 6.07) is 0.438. The third-order valence-corrected chi connectivity index (χ3v) is 7.97. The van der Waals surface area contributed by atoms with Crippen molar-refractivity contribution in [1.82, 2.24) is 10.6 Å². The summed E-state index contributed by atoms with van der Waals surface area (Å²) >= 11 is 0. The average Bonchev–Trinajstić information content (AvgIpc) is 2.83. The van der Waals surface area contributed by atoms with E-state index in [1.165, 1.54) is 32.1 Å². The van der Waals surface area contributed by atoms with Crippen LogP contribution in [0.15, 0.2) is 0 Å². The molecule has 0 unspecified atom stereocenters. The number of nitrogens with one attached hydrogen (secondary N) is 2. The third kappa shape index (κ3) is 1.68. The van der Waals surface area contributed by atoms with Crippen LogP contribution in [0.25, 0.3) is 0 Å². The first kappa shape index (κ1) is 13.8. The van der Waals surface area contributed by atoms with Gasteiger partial charge in [0.15, 0.2) is 0 Å². The molecule has 1 spiro atoms. The highest BCUT2D eigenvalue weighted by molar-refractivity contribution is 5.85. The van der Waals surface area contributed by atoms with Crippen molar-refractivity contribution in [2.24, 2.45) is 29.1 Å². The predicted octanol–water partition coefficient (Wildman–Crippen LogP) is 1.43. The zero-order valence-electron chi connectivity index (χ0n) is 13.3. The van der Waals surface area contributed by atoms with Crippen molar-refractivity contribution in [2.45, 2.75) is 62.9 Å². The molecule has 0 atom stereocenters. The second kappa shape index (κ2) is 4.47. The fraction of sp³-hybridized carbons (Fsp3) is 0.944. The van der Waals surface area contributed by atoms with E-state index in [2.05, 4.69) is 10.6 Å². The van der Waals surface area contributed by atoms with E-state index in [0.717, 1.165) is 37.6 Å². The summed E-state index contributed by atoms with van der Waals surface area (Å²) in [5, 5.41) is 17.2. The lowest BCUT2D eigenvalue weighted by Crippen LogP contribution is -2.71. The monoisotopic (exact) mass is 304 g/mol. The van der Waals surface area contributed by atoms with Gasteiger partial charge in [-0.15, -0.1) is 0 Å². The van der Waals surface area contributed by atoms with Gasteiger partial charge in [0.2, 0.25) is 5.91 Å². The van der Waals surface area contributed by atoms with E-state index >= 15 is 0 Å². The normalized spacial score (nSPS) is 55.5. The Bertz CT molecular complexity index is 469. The molecule has 1 saturated heterocycles. The third-order valence-electron chi connectivity index (χ3n) is 7.97. The maximum absolute atomic E-state index is 12.0. The topological polar surface area (TPSA) is 61.4 Å². The van der Waals surface area contributed by atoms with Crippen molar-refractivity contribution in [3.8, 4) is 0 Å². The maximum Gasteiger partial charge on any atom is 0.226 e. The van der Waals surface area contributed by atoms with Crippen molar-refractivity contribution >= 4 is 5.91 Å². The zero-order valence-corrected chi connectivity index (χ0v) is 13.3. The highest BCUT2D eigenvalue weighted by Crippen LogP contribution is 2.59. The van der Waals surface area contributed by atoms with Crippen LogP contribution in [-0.2, 0) is 4.79 Å². The smallest absolute Gasteiger partial charge is 0.226 e. The van der Waals surface area contributed by atoms with Crippen LogP contribution in [-0.4, -0.2) is 35.7 Å². The molecule has 122 valence electrons. The molecule has 3 N–H and O–H groups in total. The number of amides is 1. The summed E-state index contributed by atoms with van der Waals surface area (Å²) in [4.78, 5) is 12.0. The number of aliphatic hydroxyl groups excluding tert-OH is 1. The van der Waals surface area contributed by atoms with Crippen LogP contribution >= 0.6 is 0 Å². The first-order valence-corrected chi connectivity index (χ1v) is 9.30. The first-order chi connectivity index (χ1) is 10.6. The molecular formula is C18H28N2O2. The van der Waals surface area contributed by atoms with E-state index in [-0.39, 0.29) is 23.5 Å². The van der Waals surface area contributed by atoms with Gasteiger partial charge >= 0.3 is 0 Å². The van der Waals surface area contributed by atoms with Gasteiger partial charge in [0, 0.05) is 18.1 Å². The van der Waals surface area contributed by atoms with E-state index in [1.807, 2.05) is 0 Å². The Hall–Kier alpha value is -0.610. The number of hydrogen-bond acceptors (Lipinski definition) is 3. The van der Waals surface area contributed by atoms with Crippen LogP contribution in [0.3, 0.4) is 0 Å². The summed E-state index contributed by atoms with van der Waals surface area (Å²) in [5.41, 5.74) is -0.102. The van der Waals surface area contributed by atoms with Crippen molar-refractivity contribution in [1.29, 1.82) is 0 Å². The Balaban J connectivity index is 1.33. The van der Waals surface area contributed by atoms with Gasteiger partial charge in [0.1, 0.15) is 0 Å². The van der Waals surface area contributed by atoms with E-state index < -0.39 is 0 Å². The number of rotatable bonds is 3. The lowest BCUT2D eigenvalue weighted by molar-refractivity contribution is -0.138. The van der Waals surface area contributed by atoms with Crippen molar-refractivity contribution in [3.63, 3.8) is 0 Å². The predicted molar refractivity (Wildman–Crippen MR) is 83.1 cm³/mol. The van der Waals surface area contributed by atoms with Crippen molar-refractivity contribution < 1.29 is 9.90 Å². The molecule has 22 heavy (non-hydrogen) atoms. The van der Waals surface area contributed by atoms with Crippen LogP contribution in [0.5, 0.6) is 0 Å². The Labute approximate surface area is 132 Å². The Morgan fingerprint density at radius 1 is 1.09 bits per heavy atom. The lowest BCUT2D eigenvalue weighted by Gasteiger charge is -2.63. The minimum atomic E-state index is -0.0692. The van der Waals surface area contributed by atoms with Gasteiger partial charge in [0.25, 0.3) is 0 Å². The fourth-order valence-electron chi connectivity index (χ4n) is 7.04. The van der Waals surface area contributed by atoms with Gasteiger partial charge in [0.05, 0.1) is 12.0 Å². The highest BCUT2D eigenvalue weighted by atomic mass is 16.3. The number of carbonyl (C=O) groups is 1. The zero-order chi connectivity index (χ0) is 14.9. The van der Waals surface area contributed by atoms with Crippen LogP contribution < -0.4 is 10.6 Å². The molecule has 0 radical (unpaired) electrons. The SMILES string of the molecule is O=C1NCCC12CC(NC1(CO)C3CC4CC(C3)CC1C4)C2. The molecule has 1 heterocycles. The van der Waals surface area contributed by atoms with E-state index in [1.54, 1.807) is 0 Å². The van der Waals surface area contributed by atoms with E-state index in [4.69, 9.17) is 0 Å². The highest BCUT2D eigenvalue weighted by Gasteiger charge is 2.60. The molecule has 6 fully saturated rings. The Morgan fingerprint density at radius 3 is 2.23 bits per heavy atom. The maximum atomic E-state index is 12.0. The molecule has 0 aromatic carbocycles. The van der Waals surface area contributed by atoms with E-state index in [9.17, 15) is 9.90 Å². The molecule has 1 aliphatic heterocycles. The minimum Gasteiger partial charge on any atom is -0.394 e. The second-order valence-electron chi connectivity index (χ2n) is 9.04.